The molecular formula is C14H23N3O2. The Bertz CT molecular complexity index is 419. The number of hydrogen-bond acceptors (Lipinski definition) is 5. The van der Waals surface area contributed by atoms with E-state index in [2.05, 4.69) is 29.3 Å². The van der Waals surface area contributed by atoms with Crippen LogP contribution in [-0.2, 0) is 11.2 Å². The van der Waals surface area contributed by atoms with Crippen LogP contribution in [0.5, 0.6) is 0 Å². The molecule has 0 aromatic carbocycles. The molecule has 19 heavy (non-hydrogen) atoms. The van der Waals surface area contributed by atoms with Crippen molar-refractivity contribution in [1.29, 1.82) is 0 Å². The van der Waals surface area contributed by atoms with Crippen molar-refractivity contribution in [2.75, 3.05) is 6.54 Å². The van der Waals surface area contributed by atoms with Gasteiger partial charge in [0.15, 0.2) is 5.82 Å². The molecule has 2 bridgehead atoms. The van der Waals surface area contributed by atoms with E-state index in [1.165, 1.54) is 6.42 Å². The standard InChI is InChI=1S/C14H23N3O2/c1-9(2)15-7-3-4-13-16-14(17-19-13)11-8-10-5-6-12(11)18-10/h9-12,15H,3-8H2,1-2H3. The molecule has 2 fully saturated rings. The lowest BCUT2D eigenvalue weighted by atomic mass is 9.89. The van der Waals surface area contributed by atoms with Gasteiger partial charge >= 0.3 is 0 Å². The number of ether oxygens (including phenoxy) is 1. The van der Waals surface area contributed by atoms with Gasteiger partial charge in [-0.25, -0.2) is 0 Å². The van der Waals surface area contributed by atoms with Gasteiger partial charge in [0.25, 0.3) is 0 Å². The molecule has 106 valence electrons. The lowest BCUT2D eigenvalue weighted by Crippen LogP contribution is -2.23. The molecule has 0 aliphatic carbocycles. The minimum atomic E-state index is 0.332. The third kappa shape index (κ3) is 2.98. The van der Waals surface area contributed by atoms with Crippen molar-refractivity contribution in [3.05, 3.63) is 11.7 Å². The van der Waals surface area contributed by atoms with E-state index in [1.807, 2.05) is 0 Å². The second kappa shape index (κ2) is 5.59. The highest BCUT2D eigenvalue weighted by molar-refractivity contribution is 5.06. The lowest BCUT2D eigenvalue weighted by molar-refractivity contribution is 0.0996. The quantitative estimate of drug-likeness (QED) is 0.798. The summed E-state index contributed by atoms with van der Waals surface area (Å²) < 4.78 is 11.2. The van der Waals surface area contributed by atoms with Crippen molar-refractivity contribution < 1.29 is 9.26 Å². The Morgan fingerprint density at radius 1 is 1.37 bits per heavy atom. The molecule has 3 atom stereocenters. The van der Waals surface area contributed by atoms with Crippen LogP contribution in [0, 0.1) is 0 Å². The maximum absolute atomic E-state index is 5.84. The van der Waals surface area contributed by atoms with Gasteiger partial charge in [0.2, 0.25) is 5.89 Å². The Kier molecular flexibility index (Phi) is 3.84. The molecule has 0 spiro atoms. The predicted octanol–water partition coefficient (Wildman–Crippen LogP) is 2.04. The van der Waals surface area contributed by atoms with Crippen molar-refractivity contribution in [3.8, 4) is 0 Å². The molecular weight excluding hydrogens is 242 g/mol. The van der Waals surface area contributed by atoms with Crippen LogP contribution in [0.15, 0.2) is 4.52 Å². The Balaban J connectivity index is 1.49. The SMILES string of the molecule is CC(C)NCCCc1nc(C2CC3CCC2O3)no1. The number of nitrogens with one attached hydrogen (secondary N) is 1. The monoisotopic (exact) mass is 265 g/mol. The van der Waals surface area contributed by atoms with E-state index in [0.717, 1.165) is 43.9 Å². The largest absolute Gasteiger partial charge is 0.374 e. The molecule has 2 aliphatic heterocycles. The van der Waals surface area contributed by atoms with E-state index in [9.17, 15) is 0 Å². The van der Waals surface area contributed by atoms with Crippen LogP contribution >= 0.6 is 0 Å². The van der Waals surface area contributed by atoms with Crippen molar-refractivity contribution in [3.63, 3.8) is 0 Å². The van der Waals surface area contributed by atoms with Gasteiger partial charge in [-0.3, -0.25) is 0 Å². The third-order valence-corrected chi connectivity index (χ3v) is 4.04. The summed E-state index contributed by atoms with van der Waals surface area (Å²) in [6.45, 7) is 5.30. The number of hydrogen-bond donors (Lipinski definition) is 1. The molecule has 5 heteroatoms. The number of aromatic nitrogens is 2. The van der Waals surface area contributed by atoms with Crippen LogP contribution in [0.4, 0.5) is 0 Å². The summed E-state index contributed by atoms with van der Waals surface area (Å²) >= 11 is 0. The van der Waals surface area contributed by atoms with Crippen LogP contribution in [0.1, 0.15) is 57.2 Å². The molecule has 0 radical (unpaired) electrons. The van der Waals surface area contributed by atoms with Gasteiger partial charge in [0, 0.05) is 12.5 Å². The van der Waals surface area contributed by atoms with Gasteiger partial charge in [-0.05, 0) is 32.2 Å². The Labute approximate surface area is 114 Å². The maximum Gasteiger partial charge on any atom is 0.226 e. The highest BCUT2D eigenvalue weighted by Crippen LogP contribution is 2.43. The zero-order valence-corrected chi connectivity index (χ0v) is 11.8. The second-order valence-electron chi connectivity index (χ2n) is 5.97. The first-order chi connectivity index (χ1) is 9.22. The fraction of sp³-hybridized carbons (Fsp3) is 0.857. The van der Waals surface area contributed by atoms with Crippen LogP contribution in [-0.4, -0.2) is 34.9 Å². The molecule has 5 nitrogen and oxygen atoms in total. The summed E-state index contributed by atoms with van der Waals surface area (Å²) in [5.74, 6) is 1.99. The minimum Gasteiger partial charge on any atom is -0.374 e. The summed E-state index contributed by atoms with van der Waals surface area (Å²) in [7, 11) is 0. The Morgan fingerprint density at radius 3 is 2.95 bits per heavy atom. The zero-order chi connectivity index (χ0) is 13.2. The van der Waals surface area contributed by atoms with Crippen molar-refractivity contribution in [2.24, 2.45) is 0 Å². The average molecular weight is 265 g/mol. The number of aryl methyl sites for hydroxylation is 1. The average Bonchev–Trinajstić information content (AvgIpc) is 3.09. The predicted molar refractivity (Wildman–Crippen MR) is 71.0 cm³/mol. The van der Waals surface area contributed by atoms with E-state index in [4.69, 9.17) is 9.26 Å². The van der Waals surface area contributed by atoms with Gasteiger partial charge in [0.05, 0.1) is 18.1 Å². The van der Waals surface area contributed by atoms with Crippen LogP contribution in [0.25, 0.3) is 0 Å². The first-order valence-corrected chi connectivity index (χ1v) is 7.43. The summed E-state index contributed by atoms with van der Waals surface area (Å²) in [4.78, 5) is 4.54. The number of fused-ring (bicyclic) bond motifs is 2. The van der Waals surface area contributed by atoms with Gasteiger partial charge < -0.3 is 14.6 Å². The normalized spacial score (nSPS) is 29.5. The molecule has 3 heterocycles. The Morgan fingerprint density at radius 2 is 2.26 bits per heavy atom. The molecule has 3 rings (SSSR count). The van der Waals surface area contributed by atoms with E-state index in [-0.39, 0.29) is 0 Å². The first-order valence-electron chi connectivity index (χ1n) is 7.43. The first kappa shape index (κ1) is 13.1. The van der Waals surface area contributed by atoms with E-state index < -0.39 is 0 Å². The molecule has 2 aliphatic rings. The summed E-state index contributed by atoms with van der Waals surface area (Å²) in [5.41, 5.74) is 0. The van der Waals surface area contributed by atoms with E-state index in [1.54, 1.807) is 0 Å². The molecule has 2 saturated heterocycles. The smallest absolute Gasteiger partial charge is 0.226 e. The number of rotatable bonds is 6. The van der Waals surface area contributed by atoms with E-state index >= 15 is 0 Å². The van der Waals surface area contributed by atoms with Gasteiger partial charge in [-0.15, -0.1) is 0 Å². The highest BCUT2D eigenvalue weighted by Gasteiger charge is 2.43. The minimum absolute atomic E-state index is 0.332. The summed E-state index contributed by atoms with van der Waals surface area (Å²) in [6, 6.07) is 0.532. The summed E-state index contributed by atoms with van der Waals surface area (Å²) in [5, 5.41) is 7.53. The van der Waals surface area contributed by atoms with Gasteiger partial charge in [-0.2, -0.15) is 4.98 Å². The van der Waals surface area contributed by atoms with Crippen molar-refractivity contribution in [2.45, 2.75) is 70.1 Å². The maximum atomic E-state index is 5.84. The van der Waals surface area contributed by atoms with E-state index in [0.29, 0.717) is 24.2 Å². The number of nitrogens with zero attached hydrogens (tertiary/aromatic N) is 2. The van der Waals surface area contributed by atoms with Crippen LogP contribution in [0.3, 0.4) is 0 Å². The molecule has 1 aromatic heterocycles. The highest BCUT2D eigenvalue weighted by atomic mass is 16.5. The topological polar surface area (TPSA) is 60.2 Å². The van der Waals surface area contributed by atoms with Gasteiger partial charge in [0.1, 0.15) is 0 Å². The summed E-state index contributed by atoms with van der Waals surface area (Å²) in [6.07, 6.45) is 6.08. The molecule has 0 saturated carbocycles. The molecule has 1 N–H and O–H groups in total. The fourth-order valence-corrected chi connectivity index (χ4v) is 3.06. The van der Waals surface area contributed by atoms with Crippen LogP contribution in [0.2, 0.25) is 0 Å². The Hall–Kier alpha value is -0.940. The fourth-order valence-electron chi connectivity index (χ4n) is 3.06. The van der Waals surface area contributed by atoms with Crippen molar-refractivity contribution in [1.82, 2.24) is 15.5 Å². The van der Waals surface area contributed by atoms with Gasteiger partial charge in [-0.1, -0.05) is 19.0 Å². The second-order valence-corrected chi connectivity index (χ2v) is 5.97. The van der Waals surface area contributed by atoms with Crippen LogP contribution < -0.4 is 5.32 Å². The molecule has 0 amide bonds. The molecule has 3 unspecified atom stereocenters. The lowest BCUT2D eigenvalue weighted by Gasteiger charge is -2.13. The van der Waals surface area contributed by atoms with Crippen molar-refractivity contribution >= 4 is 0 Å². The zero-order valence-electron chi connectivity index (χ0n) is 11.8. The molecule has 1 aromatic rings. The third-order valence-electron chi connectivity index (χ3n) is 4.04.